The molecule has 2 aromatic heterocycles. The highest BCUT2D eigenvalue weighted by atomic mass is 35.5. The van der Waals surface area contributed by atoms with Crippen LogP contribution in [0.5, 0.6) is 0 Å². The summed E-state index contributed by atoms with van der Waals surface area (Å²) in [6.07, 6.45) is 2.31. The summed E-state index contributed by atoms with van der Waals surface area (Å²) in [6, 6.07) is 13.0. The summed E-state index contributed by atoms with van der Waals surface area (Å²) in [4.78, 5) is 17.9. The number of aryl methyl sites for hydroxylation is 1. The van der Waals surface area contributed by atoms with Crippen molar-refractivity contribution in [1.29, 1.82) is 0 Å². The minimum Gasteiger partial charge on any atom is -0.461 e. The molecule has 2 heterocycles. The van der Waals surface area contributed by atoms with Crippen molar-refractivity contribution in [2.24, 2.45) is 0 Å². The van der Waals surface area contributed by atoms with Gasteiger partial charge in [0.2, 0.25) is 0 Å². The van der Waals surface area contributed by atoms with Gasteiger partial charge in [-0.3, -0.25) is 10.1 Å². The molecule has 0 aliphatic heterocycles. The molecule has 0 saturated heterocycles. The molecule has 0 radical (unpaired) electrons. The van der Waals surface area contributed by atoms with Gasteiger partial charge in [0, 0.05) is 33.1 Å². The van der Waals surface area contributed by atoms with Gasteiger partial charge in [-0.05, 0) is 48.9 Å². The van der Waals surface area contributed by atoms with Gasteiger partial charge in [0.15, 0.2) is 5.13 Å². The fraction of sp³-hybridized carbons (Fsp3) is 0.0909. The van der Waals surface area contributed by atoms with Crippen LogP contribution in [0, 0.1) is 12.7 Å². The van der Waals surface area contributed by atoms with Crippen molar-refractivity contribution >= 4 is 45.6 Å². The third-order valence-corrected chi connectivity index (χ3v) is 5.72. The number of thiazole rings is 1. The number of carbonyl (C=O) groups is 1. The Labute approximate surface area is 186 Å². The van der Waals surface area contributed by atoms with E-state index in [-0.39, 0.29) is 11.7 Å². The molecule has 1 N–H and O–H groups in total. The van der Waals surface area contributed by atoms with Crippen LogP contribution in [0.4, 0.5) is 9.52 Å². The molecule has 0 aliphatic rings. The predicted octanol–water partition coefficient (Wildman–Crippen LogP) is 7.00. The van der Waals surface area contributed by atoms with E-state index >= 15 is 0 Å². The van der Waals surface area contributed by atoms with Crippen LogP contribution in [-0.4, -0.2) is 10.9 Å². The van der Waals surface area contributed by atoms with Gasteiger partial charge in [-0.15, -0.1) is 11.3 Å². The number of benzene rings is 2. The summed E-state index contributed by atoms with van der Waals surface area (Å²) in [5, 5.41) is 4.24. The lowest BCUT2D eigenvalue weighted by atomic mass is 10.1. The van der Waals surface area contributed by atoms with Crippen LogP contribution in [0.1, 0.15) is 26.6 Å². The van der Waals surface area contributed by atoms with E-state index in [4.69, 9.17) is 27.6 Å². The van der Waals surface area contributed by atoms with Crippen molar-refractivity contribution in [3.05, 3.63) is 92.4 Å². The zero-order valence-electron chi connectivity index (χ0n) is 15.7. The van der Waals surface area contributed by atoms with E-state index in [0.29, 0.717) is 44.2 Å². The highest BCUT2D eigenvalue weighted by Gasteiger charge is 2.18. The Morgan fingerprint density at radius 3 is 2.53 bits per heavy atom. The molecule has 0 fully saturated rings. The summed E-state index contributed by atoms with van der Waals surface area (Å²) in [7, 11) is 0. The van der Waals surface area contributed by atoms with Crippen molar-refractivity contribution < 1.29 is 13.6 Å². The van der Waals surface area contributed by atoms with Crippen LogP contribution >= 0.6 is 34.5 Å². The average Bonchev–Trinajstić information content (AvgIpc) is 3.29. The van der Waals surface area contributed by atoms with Gasteiger partial charge in [-0.2, -0.15) is 0 Å². The summed E-state index contributed by atoms with van der Waals surface area (Å²) in [5.41, 5.74) is 2.05. The first-order chi connectivity index (χ1) is 14.4. The van der Waals surface area contributed by atoms with Crippen LogP contribution < -0.4 is 5.32 Å². The Hall–Kier alpha value is -2.67. The maximum absolute atomic E-state index is 13.0. The molecule has 4 aromatic rings. The third-order valence-electron chi connectivity index (χ3n) is 4.38. The molecular weight excluding hydrogens is 446 g/mol. The monoisotopic (exact) mass is 460 g/mol. The van der Waals surface area contributed by atoms with E-state index in [2.05, 4.69) is 10.3 Å². The van der Waals surface area contributed by atoms with Crippen LogP contribution in [0.3, 0.4) is 0 Å². The van der Waals surface area contributed by atoms with E-state index in [9.17, 15) is 9.18 Å². The second kappa shape index (κ2) is 8.60. The number of amides is 1. The highest BCUT2D eigenvalue weighted by molar-refractivity contribution is 7.15. The van der Waals surface area contributed by atoms with Gasteiger partial charge < -0.3 is 4.42 Å². The molecule has 1 amide bonds. The number of carbonyl (C=O) groups excluding carboxylic acids is 1. The fourth-order valence-corrected chi connectivity index (χ4v) is 4.33. The van der Waals surface area contributed by atoms with E-state index < -0.39 is 0 Å². The molecule has 0 saturated carbocycles. The molecule has 0 atom stereocenters. The smallest absolute Gasteiger partial charge is 0.261 e. The summed E-state index contributed by atoms with van der Waals surface area (Å²) in [6.45, 7) is 1.71. The lowest BCUT2D eigenvalue weighted by Gasteiger charge is -2.00. The van der Waals surface area contributed by atoms with Crippen molar-refractivity contribution in [2.75, 3.05) is 5.32 Å². The maximum Gasteiger partial charge on any atom is 0.261 e. The maximum atomic E-state index is 13.0. The van der Waals surface area contributed by atoms with Crippen molar-refractivity contribution in [3.63, 3.8) is 0 Å². The topological polar surface area (TPSA) is 55.1 Å². The first kappa shape index (κ1) is 20.6. The SMILES string of the molecule is Cc1oc(-c2cc(Cl)cc(Cl)c2)cc1C(=O)Nc1ncc(Cc2ccc(F)cc2)s1. The molecule has 4 nitrogen and oxygen atoms in total. The average molecular weight is 461 g/mol. The minimum atomic E-state index is -0.321. The van der Waals surface area contributed by atoms with Crippen molar-refractivity contribution in [1.82, 2.24) is 4.98 Å². The first-order valence-electron chi connectivity index (χ1n) is 8.95. The molecule has 2 aromatic carbocycles. The zero-order chi connectivity index (χ0) is 21.3. The normalized spacial score (nSPS) is 10.9. The lowest BCUT2D eigenvalue weighted by molar-refractivity contribution is 0.102. The Balaban J connectivity index is 1.48. The molecule has 4 rings (SSSR count). The molecule has 30 heavy (non-hydrogen) atoms. The van der Waals surface area contributed by atoms with Crippen molar-refractivity contribution in [2.45, 2.75) is 13.3 Å². The minimum absolute atomic E-state index is 0.272. The third kappa shape index (κ3) is 4.73. The van der Waals surface area contributed by atoms with E-state index in [1.807, 2.05) is 0 Å². The number of nitrogens with zero attached hydrogens (tertiary/aromatic N) is 1. The zero-order valence-corrected chi connectivity index (χ0v) is 18.0. The van der Waals surface area contributed by atoms with Crippen LogP contribution in [0.2, 0.25) is 10.0 Å². The van der Waals surface area contributed by atoms with E-state index in [1.165, 1.54) is 23.5 Å². The van der Waals surface area contributed by atoms with E-state index in [0.717, 1.165) is 10.4 Å². The predicted molar refractivity (Wildman–Crippen MR) is 118 cm³/mol. The summed E-state index contributed by atoms with van der Waals surface area (Å²) >= 11 is 13.5. The largest absolute Gasteiger partial charge is 0.461 e. The van der Waals surface area contributed by atoms with Gasteiger partial charge in [0.25, 0.3) is 5.91 Å². The van der Waals surface area contributed by atoms with Gasteiger partial charge in [-0.1, -0.05) is 35.3 Å². The fourth-order valence-electron chi connectivity index (χ4n) is 2.96. The Morgan fingerprint density at radius 2 is 1.83 bits per heavy atom. The molecule has 8 heteroatoms. The quantitative estimate of drug-likeness (QED) is 0.348. The molecular formula is C22H15Cl2FN2O2S. The van der Waals surface area contributed by atoms with Crippen molar-refractivity contribution in [3.8, 4) is 11.3 Å². The Bertz CT molecular complexity index is 1200. The number of furan rings is 1. The summed E-state index contributed by atoms with van der Waals surface area (Å²) < 4.78 is 18.8. The highest BCUT2D eigenvalue weighted by Crippen LogP contribution is 2.31. The number of halogens is 3. The number of hydrogen-bond donors (Lipinski definition) is 1. The molecule has 152 valence electrons. The molecule has 0 unspecified atom stereocenters. The Kier molecular flexibility index (Phi) is 5.90. The number of anilines is 1. The van der Waals surface area contributed by atoms with E-state index in [1.54, 1.807) is 49.5 Å². The number of aromatic nitrogens is 1. The van der Waals surface area contributed by atoms with Crippen LogP contribution in [0.25, 0.3) is 11.3 Å². The Morgan fingerprint density at radius 1 is 1.13 bits per heavy atom. The van der Waals surface area contributed by atoms with Gasteiger partial charge in [0.1, 0.15) is 17.3 Å². The molecule has 0 bridgehead atoms. The lowest BCUT2D eigenvalue weighted by Crippen LogP contribution is -2.11. The second-order valence-electron chi connectivity index (χ2n) is 6.63. The number of nitrogens with one attached hydrogen (secondary N) is 1. The van der Waals surface area contributed by atoms with Gasteiger partial charge >= 0.3 is 0 Å². The van der Waals surface area contributed by atoms with Crippen LogP contribution in [0.15, 0.2) is 59.1 Å². The first-order valence-corrected chi connectivity index (χ1v) is 10.5. The standard InChI is InChI=1S/C22H15Cl2FN2O2S/c1-12-19(10-20(29-12)14-7-15(23)9-16(24)8-14)21(28)27-22-26-11-18(30-22)6-13-2-4-17(25)5-3-13/h2-5,7-11H,6H2,1H3,(H,26,27,28). The molecule has 0 aliphatic carbocycles. The van der Waals surface area contributed by atoms with Gasteiger partial charge in [0.05, 0.1) is 5.56 Å². The number of rotatable bonds is 5. The van der Waals surface area contributed by atoms with Gasteiger partial charge in [-0.25, -0.2) is 9.37 Å². The second-order valence-corrected chi connectivity index (χ2v) is 8.62. The summed E-state index contributed by atoms with van der Waals surface area (Å²) in [5.74, 6) is 0.379. The number of hydrogen-bond acceptors (Lipinski definition) is 4. The molecule has 0 spiro atoms. The van der Waals surface area contributed by atoms with Crippen LogP contribution in [-0.2, 0) is 6.42 Å².